The van der Waals surface area contributed by atoms with Crippen molar-refractivity contribution in [3.63, 3.8) is 0 Å². The SMILES string of the molecule is O=C1NC(=O)C(C(=O)[O-])N1.[K+]. The molecule has 0 aliphatic carbocycles. The molecule has 2 N–H and O–H groups in total. The van der Waals surface area contributed by atoms with E-state index in [1.807, 2.05) is 5.32 Å². The van der Waals surface area contributed by atoms with E-state index in [1.165, 1.54) is 0 Å². The van der Waals surface area contributed by atoms with Crippen LogP contribution in [0.1, 0.15) is 0 Å². The second kappa shape index (κ2) is 4.17. The van der Waals surface area contributed by atoms with Crippen LogP contribution in [0.15, 0.2) is 0 Å². The topological polar surface area (TPSA) is 98.3 Å². The van der Waals surface area contributed by atoms with Crippen LogP contribution in [-0.2, 0) is 9.59 Å². The Hall–Kier alpha value is 0.0464. The van der Waals surface area contributed by atoms with Crippen molar-refractivity contribution >= 4 is 17.9 Å². The third-order valence-electron chi connectivity index (χ3n) is 1.01. The Morgan fingerprint density at radius 3 is 2.18 bits per heavy atom. The van der Waals surface area contributed by atoms with Gasteiger partial charge in [0.05, 0.1) is 5.97 Å². The molecular formula is C4H3KN2O4. The summed E-state index contributed by atoms with van der Waals surface area (Å²) in [7, 11) is 0. The van der Waals surface area contributed by atoms with Gasteiger partial charge in [-0.25, -0.2) is 4.79 Å². The van der Waals surface area contributed by atoms with Gasteiger partial charge in [-0.3, -0.25) is 10.1 Å². The van der Waals surface area contributed by atoms with Crippen LogP contribution in [0, 0.1) is 0 Å². The van der Waals surface area contributed by atoms with Crippen LogP contribution in [0.5, 0.6) is 0 Å². The van der Waals surface area contributed by atoms with Gasteiger partial charge in [-0.15, -0.1) is 0 Å². The molecule has 0 radical (unpaired) electrons. The third kappa shape index (κ3) is 2.53. The molecule has 1 heterocycles. The van der Waals surface area contributed by atoms with Gasteiger partial charge in [-0.2, -0.15) is 0 Å². The first-order chi connectivity index (χ1) is 4.61. The van der Waals surface area contributed by atoms with Crippen LogP contribution >= 0.6 is 0 Å². The van der Waals surface area contributed by atoms with Crippen LogP contribution in [0.2, 0.25) is 0 Å². The van der Waals surface area contributed by atoms with E-state index < -0.39 is 23.9 Å². The molecule has 1 atom stereocenters. The molecule has 1 aliphatic heterocycles. The van der Waals surface area contributed by atoms with E-state index in [2.05, 4.69) is 0 Å². The fourth-order valence-electron chi connectivity index (χ4n) is 0.583. The summed E-state index contributed by atoms with van der Waals surface area (Å²) in [4.78, 5) is 30.6. The maximum Gasteiger partial charge on any atom is 1.00 e. The van der Waals surface area contributed by atoms with Crippen LogP contribution in [0.25, 0.3) is 0 Å². The van der Waals surface area contributed by atoms with Gasteiger partial charge in [0.25, 0.3) is 5.91 Å². The van der Waals surface area contributed by atoms with Crippen molar-refractivity contribution in [3.8, 4) is 0 Å². The van der Waals surface area contributed by atoms with E-state index >= 15 is 0 Å². The van der Waals surface area contributed by atoms with Crippen molar-refractivity contribution in [2.75, 3.05) is 0 Å². The van der Waals surface area contributed by atoms with Crippen molar-refractivity contribution < 1.29 is 70.9 Å². The summed E-state index contributed by atoms with van der Waals surface area (Å²) in [6, 6.07) is -2.34. The molecule has 0 aromatic rings. The first-order valence-electron chi connectivity index (χ1n) is 2.43. The smallest absolute Gasteiger partial charge is 0.547 e. The quantitative estimate of drug-likeness (QED) is 0.239. The van der Waals surface area contributed by atoms with E-state index in [0.717, 1.165) is 0 Å². The summed E-state index contributed by atoms with van der Waals surface area (Å²) in [5.74, 6) is -2.49. The third-order valence-corrected chi connectivity index (χ3v) is 1.01. The Morgan fingerprint density at radius 2 is 2.00 bits per heavy atom. The summed E-state index contributed by atoms with van der Waals surface area (Å²) in [6.07, 6.45) is 0. The molecule has 6 nitrogen and oxygen atoms in total. The fraction of sp³-hybridized carbons (Fsp3) is 0.250. The van der Waals surface area contributed by atoms with Gasteiger partial charge >= 0.3 is 57.4 Å². The summed E-state index contributed by atoms with van der Waals surface area (Å²) >= 11 is 0. The maximum atomic E-state index is 10.4. The standard InChI is InChI=1S/C4H4N2O4.K/c7-2-1(3(8)9)5-4(10)6-2;/h1H,(H,8,9)(H2,5,6,7,10);/q;+1/p-1. The number of aliphatic carboxylic acids is 1. The number of carboxylic acid groups (broad SMARTS) is 1. The first kappa shape index (κ1) is 11.0. The van der Waals surface area contributed by atoms with Crippen molar-refractivity contribution in [1.82, 2.24) is 10.6 Å². The molecule has 0 bridgehead atoms. The van der Waals surface area contributed by atoms with E-state index in [0.29, 0.717) is 0 Å². The zero-order valence-corrected chi connectivity index (χ0v) is 8.83. The zero-order chi connectivity index (χ0) is 7.72. The molecule has 1 saturated heterocycles. The Balaban J connectivity index is 0.000001000. The molecule has 0 aromatic heterocycles. The van der Waals surface area contributed by atoms with Crippen molar-refractivity contribution in [3.05, 3.63) is 0 Å². The molecule has 1 unspecified atom stereocenters. The van der Waals surface area contributed by atoms with Crippen LogP contribution < -0.4 is 67.1 Å². The molecule has 54 valence electrons. The number of rotatable bonds is 1. The van der Waals surface area contributed by atoms with E-state index in [1.54, 1.807) is 5.32 Å². The number of imide groups is 1. The number of carbonyl (C=O) groups excluding carboxylic acids is 3. The Kier molecular flexibility index (Phi) is 4.18. The van der Waals surface area contributed by atoms with Crippen molar-refractivity contribution in [2.24, 2.45) is 0 Å². The molecule has 3 amide bonds. The predicted molar refractivity (Wildman–Crippen MR) is 25.5 cm³/mol. The minimum absolute atomic E-state index is 0. The number of urea groups is 1. The molecule has 0 spiro atoms. The monoisotopic (exact) mass is 182 g/mol. The van der Waals surface area contributed by atoms with Gasteiger partial charge in [0, 0.05) is 0 Å². The minimum Gasteiger partial charge on any atom is -0.547 e. The van der Waals surface area contributed by atoms with Gasteiger partial charge in [0.15, 0.2) is 0 Å². The number of carboxylic acids is 1. The van der Waals surface area contributed by atoms with Crippen molar-refractivity contribution in [1.29, 1.82) is 0 Å². The largest absolute Gasteiger partial charge is 1.00 e. The number of hydrogen-bond acceptors (Lipinski definition) is 4. The molecule has 1 fully saturated rings. The molecule has 1 rings (SSSR count). The second-order valence-electron chi connectivity index (χ2n) is 1.71. The summed E-state index contributed by atoms with van der Waals surface area (Å²) < 4.78 is 0. The Labute approximate surface area is 104 Å². The predicted octanol–water partition coefficient (Wildman–Crippen LogP) is -6.05. The van der Waals surface area contributed by atoms with Gasteiger partial charge in [0.1, 0.15) is 6.04 Å². The molecule has 11 heavy (non-hydrogen) atoms. The number of carbonyl (C=O) groups is 3. The van der Waals surface area contributed by atoms with E-state index in [-0.39, 0.29) is 51.4 Å². The fourth-order valence-corrected chi connectivity index (χ4v) is 0.583. The number of amides is 3. The van der Waals surface area contributed by atoms with Gasteiger partial charge in [-0.1, -0.05) is 0 Å². The number of nitrogens with one attached hydrogen (secondary N) is 2. The summed E-state index contributed by atoms with van der Waals surface area (Å²) in [5.41, 5.74) is 0. The van der Waals surface area contributed by atoms with Gasteiger partial charge in [-0.05, 0) is 0 Å². The van der Waals surface area contributed by atoms with Crippen molar-refractivity contribution in [2.45, 2.75) is 6.04 Å². The summed E-state index contributed by atoms with van der Waals surface area (Å²) in [5, 5.41) is 13.6. The maximum absolute atomic E-state index is 10.4. The molecule has 0 aromatic carbocycles. The summed E-state index contributed by atoms with van der Waals surface area (Å²) in [6.45, 7) is 0. The van der Waals surface area contributed by atoms with Crippen LogP contribution in [0.4, 0.5) is 4.79 Å². The average Bonchev–Trinajstić information content (AvgIpc) is 2.10. The normalized spacial score (nSPS) is 21.6. The zero-order valence-electron chi connectivity index (χ0n) is 5.71. The van der Waals surface area contributed by atoms with E-state index in [4.69, 9.17) is 0 Å². The second-order valence-corrected chi connectivity index (χ2v) is 1.71. The Morgan fingerprint density at radius 1 is 1.45 bits per heavy atom. The number of hydrogen-bond donors (Lipinski definition) is 2. The molecule has 7 heteroatoms. The van der Waals surface area contributed by atoms with Crippen LogP contribution in [0.3, 0.4) is 0 Å². The van der Waals surface area contributed by atoms with Gasteiger partial charge in [0.2, 0.25) is 0 Å². The van der Waals surface area contributed by atoms with Gasteiger partial charge < -0.3 is 15.2 Å². The Bertz CT molecular complexity index is 216. The van der Waals surface area contributed by atoms with Crippen LogP contribution in [-0.4, -0.2) is 23.9 Å². The first-order valence-corrected chi connectivity index (χ1v) is 2.43. The molecular weight excluding hydrogens is 179 g/mol. The molecule has 0 saturated carbocycles. The minimum atomic E-state index is -1.61. The average molecular weight is 182 g/mol. The van der Waals surface area contributed by atoms with E-state index in [9.17, 15) is 19.5 Å². The molecule has 1 aliphatic rings.